The van der Waals surface area contributed by atoms with Crippen LogP contribution in [0.3, 0.4) is 0 Å². The highest BCUT2D eigenvalue weighted by Crippen LogP contribution is 2.20. The average molecular weight is 353 g/mol. The van der Waals surface area contributed by atoms with Crippen LogP contribution in [0.4, 0.5) is 0 Å². The lowest BCUT2D eigenvalue weighted by molar-refractivity contribution is 0.931. The lowest BCUT2D eigenvalue weighted by atomic mass is 10.1. The molecule has 0 unspecified atom stereocenters. The SMILES string of the molecule is [2H]c1c(CCC)c2cc3nc(cc4nc(cc5ccc(cc1[nH]2)[nH]5)C=C4)C=C3. The summed E-state index contributed by atoms with van der Waals surface area (Å²) >= 11 is 0. The summed E-state index contributed by atoms with van der Waals surface area (Å²) in [5.41, 5.74) is 8.29. The molecule has 4 heteroatoms. The Bertz CT molecular complexity index is 1290. The largest absolute Gasteiger partial charge is 0.355 e. The Morgan fingerprint density at radius 1 is 0.778 bits per heavy atom. The third-order valence-electron chi connectivity index (χ3n) is 4.67. The first-order chi connectivity index (χ1) is 13.7. The first kappa shape index (κ1) is 14.7. The molecule has 3 aromatic heterocycles. The van der Waals surface area contributed by atoms with E-state index in [2.05, 4.69) is 21.9 Å². The highest BCUT2D eigenvalue weighted by molar-refractivity contribution is 5.78. The molecule has 2 aliphatic rings. The van der Waals surface area contributed by atoms with Gasteiger partial charge in [-0.15, -0.1) is 0 Å². The summed E-state index contributed by atoms with van der Waals surface area (Å²) in [5, 5.41) is 0. The zero-order chi connectivity index (χ0) is 19.1. The number of aromatic nitrogens is 4. The molecule has 2 aliphatic heterocycles. The normalized spacial score (nSPS) is 13.1. The van der Waals surface area contributed by atoms with Gasteiger partial charge in [0.25, 0.3) is 0 Å². The maximum atomic E-state index is 8.63. The molecule has 132 valence electrons. The van der Waals surface area contributed by atoms with Crippen LogP contribution in [0.15, 0.2) is 42.4 Å². The van der Waals surface area contributed by atoms with Crippen LogP contribution in [0.1, 0.15) is 43.1 Å². The van der Waals surface area contributed by atoms with Crippen LogP contribution in [0.2, 0.25) is 0 Å². The average Bonchev–Trinajstić information content (AvgIpc) is 3.44. The summed E-state index contributed by atoms with van der Waals surface area (Å²) in [6.07, 6.45) is 9.85. The molecule has 5 rings (SSSR count). The van der Waals surface area contributed by atoms with Crippen molar-refractivity contribution < 1.29 is 1.37 Å². The van der Waals surface area contributed by atoms with Crippen molar-refractivity contribution in [2.75, 3.05) is 0 Å². The van der Waals surface area contributed by atoms with Gasteiger partial charge in [-0.3, -0.25) is 0 Å². The summed E-state index contributed by atoms with van der Waals surface area (Å²) in [6.45, 7) is 2.14. The van der Waals surface area contributed by atoms with Crippen LogP contribution in [0, 0.1) is 0 Å². The molecule has 3 aromatic rings. The Labute approximate surface area is 158 Å². The fraction of sp³-hybridized carbons (Fsp3) is 0.130. The van der Waals surface area contributed by atoms with Crippen molar-refractivity contribution in [3.63, 3.8) is 0 Å². The molecule has 4 nitrogen and oxygen atoms in total. The molecule has 5 heterocycles. The van der Waals surface area contributed by atoms with Crippen molar-refractivity contribution in [2.45, 2.75) is 19.8 Å². The Balaban J connectivity index is 1.87. The fourth-order valence-corrected chi connectivity index (χ4v) is 3.45. The van der Waals surface area contributed by atoms with E-state index < -0.39 is 0 Å². The number of rotatable bonds is 2. The van der Waals surface area contributed by atoms with E-state index in [0.29, 0.717) is 6.04 Å². The van der Waals surface area contributed by atoms with Crippen LogP contribution < -0.4 is 0 Å². The van der Waals surface area contributed by atoms with E-state index in [4.69, 9.17) is 6.35 Å². The van der Waals surface area contributed by atoms with Crippen molar-refractivity contribution in [2.24, 2.45) is 0 Å². The number of nitrogens with one attached hydrogen (secondary N) is 2. The van der Waals surface area contributed by atoms with E-state index in [1.165, 1.54) is 0 Å². The van der Waals surface area contributed by atoms with E-state index in [1.54, 1.807) is 0 Å². The first-order valence-electron chi connectivity index (χ1n) is 9.75. The van der Waals surface area contributed by atoms with Gasteiger partial charge in [0.15, 0.2) is 0 Å². The molecular formula is C23H20N4. The van der Waals surface area contributed by atoms with Crippen molar-refractivity contribution in [3.8, 4) is 0 Å². The Morgan fingerprint density at radius 3 is 2.11 bits per heavy atom. The summed E-state index contributed by atoms with van der Waals surface area (Å²) in [6, 6.07) is 12.6. The van der Waals surface area contributed by atoms with E-state index in [9.17, 15) is 0 Å². The predicted molar refractivity (Wildman–Crippen MR) is 113 cm³/mol. The summed E-state index contributed by atoms with van der Waals surface area (Å²) in [5.74, 6) is 0. The van der Waals surface area contributed by atoms with Gasteiger partial charge in [-0.1, -0.05) is 13.3 Å². The van der Waals surface area contributed by atoms with Crippen LogP contribution >= 0.6 is 0 Å². The summed E-state index contributed by atoms with van der Waals surface area (Å²) < 4.78 is 8.63. The Kier molecular flexibility index (Phi) is 3.49. The highest BCUT2D eigenvalue weighted by atomic mass is 14.8. The number of fused-ring (bicyclic) bond motifs is 8. The molecule has 0 atom stereocenters. The zero-order valence-corrected chi connectivity index (χ0v) is 15.1. The maximum absolute atomic E-state index is 8.63. The second kappa shape index (κ2) is 6.40. The molecule has 0 radical (unpaired) electrons. The van der Waals surface area contributed by atoms with Gasteiger partial charge in [0.1, 0.15) is 0 Å². The van der Waals surface area contributed by atoms with Gasteiger partial charge in [0, 0.05) is 22.1 Å². The van der Waals surface area contributed by atoms with E-state index in [0.717, 1.165) is 63.2 Å². The van der Waals surface area contributed by atoms with E-state index >= 15 is 0 Å². The van der Waals surface area contributed by atoms with Gasteiger partial charge in [-0.05, 0) is 78.7 Å². The number of hydrogen-bond donors (Lipinski definition) is 2. The quantitative estimate of drug-likeness (QED) is 0.433. The van der Waals surface area contributed by atoms with Crippen LogP contribution in [-0.2, 0) is 6.42 Å². The molecule has 2 N–H and O–H groups in total. The molecule has 0 saturated heterocycles. The molecule has 27 heavy (non-hydrogen) atoms. The van der Waals surface area contributed by atoms with Gasteiger partial charge in [-0.2, -0.15) is 0 Å². The standard InChI is InChI=1S/C23H20N4/c1-2-3-15-10-22-13-20-7-6-18(25-20)11-16-4-5-17(24-16)12-19-8-9-21(26-19)14-23(15)27-22/h4-14,25,27H,2-3H2,1H3/i10D. The molecule has 0 aliphatic carbocycles. The number of hydrogen-bond acceptors (Lipinski definition) is 2. The Hall–Kier alpha value is -3.40. The fourth-order valence-electron chi connectivity index (χ4n) is 3.45. The third kappa shape index (κ3) is 3.22. The minimum Gasteiger partial charge on any atom is -0.355 e. The lowest BCUT2D eigenvalue weighted by Gasteiger charge is -1.92. The molecule has 0 amide bonds. The van der Waals surface area contributed by atoms with Crippen molar-refractivity contribution in [3.05, 3.63) is 70.8 Å². The maximum Gasteiger partial charge on any atom is 0.0659 e. The van der Waals surface area contributed by atoms with Crippen LogP contribution in [0.25, 0.3) is 46.4 Å². The van der Waals surface area contributed by atoms with Crippen molar-refractivity contribution in [1.82, 2.24) is 19.9 Å². The third-order valence-corrected chi connectivity index (χ3v) is 4.67. The number of aromatic amines is 2. The van der Waals surface area contributed by atoms with E-state index in [1.807, 2.05) is 60.7 Å². The second-order valence-corrected chi connectivity index (χ2v) is 6.84. The first-order valence-corrected chi connectivity index (χ1v) is 9.25. The summed E-state index contributed by atoms with van der Waals surface area (Å²) in [4.78, 5) is 16.1. The van der Waals surface area contributed by atoms with Gasteiger partial charge in [0.05, 0.1) is 24.1 Å². The zero-order valence-electron chi connectivity index (χ0n) is 16.1. The monoisotopic (exact) mass is 353 g/mol. The minimum atomic E-state index is 0.554. The highest BCUT2D eigenvalue weighted by Gasteiger charge is 2.04. The Morgan fingerprint density at radius 2 is 1.41 bits per heavy atom. The van der Waals surface area contributed by atoms with Crippen molar-refractivity contribution in [1.29, 1.82) is 0 Å². The predicted octanol–water partition coefficient (Wildman–Crippen LogP) is 5.61. The van der Waals surface area contributed by atoms with Gasteiger partial charge in [0.2, 0.25) is 0 Å². The molecule has 0 spiro atoms. The molecule has 8 bridgehead atoms. The van der Waals surface area contributed by atoms with E-state index in [-0.39, 0.29) is 0 Å². The molecule has 0 saturated carbocycles. The number of nitrogens with zero attached hydrogens (tertiary/aromatic N) is 2. The number of H-pyrrole nitrogens is 2. The van der Waals surface area contributed by atoms with Crippen LogP contribution in [-0.4, -0.2) is 19.9 Å². The van der Waals surface area contributed by atoms with Gasteiger partial charge in [-0.25, -0.2) is 9.97 Å². The summed E-state index contributed by atoms with van der Waals surface area (Å²) in [7, 11) is 0. The van der Waals surface area contributed by atoms with Crippen LogP contribution in [0.5, 0.6) is 0 Å². The van der Waals surface area contributed by atoms with Gasteiger partial charge >= 0.3 is 0 Å². The molecular weight excluding hydrogens is 332 g/mol. The van der Waals surface area contributed by atoms with Crippen molar-refractivity contribution >= 4 is 46.4 Å². The number of aryl methyl sites for hydroxylation is 1. The topological polar surface area (TPSA) is 57.4 Å². The molecule has 0 aromatic carbocycles. The lowest BCUT2D eigenvalue weighted by Crippen LogP contribution is -1.80. The molecule has 0 fully saturated rings. The minimum absolute atomic E-state index is 0.554. The second-order valence-electron chi connectivity index (χ2n) is 6.84. The van der Waals surface area contributed by atoms with Gasteiger partial charge < -0.3 is 9.97 Å². The smallest absolute Gasteiger partial charge is 0.0659 e.